The van der Waals surface area contributed by atoms with Crippen LogP contribution in [0.3, 0.4) is 0 Å². The highest BCUT2D eigenvalue weighted by atomic mass is 16.5. The molecule has 2 aromatic heterocycles. The largest absolute Gasteiger partial charge is 0.368 e. The zero-order chi connectivity index (χ0) is 17.3. The standard InChI is InChI=1S/C16H21N5O3/c1-9(2)21-14-12(8-17-21)11(7-10(3)18-14)15(22)19-20-16(23)13-5-4-6-24-13/h7-9,13H,4-6H2,1-3H3,(H,19,22)(H,20,23). The summed E-state index contributed by atoms with van der Waals surface area (Å²) in [5, 5.41) is 4.96. The van der Waals surface area contributed by atoms with Crippen LogP contribution in [0.25, 0.3) is 11.0 Å². The number of rotatable bonds is 3. The minimum atomic E-state index is -0.492. The van der Waals surface area contributed by atoms with Crippen molar-refractivity contribution in [2.45, 2.75) is 45.8 Å². The van der Waals surface area contributed by atoms with Gasteiger partial charge < -0.3 is 4.74 Å². The second kappa shape index (κ2) is 6.56. The number of aryl methyl sites for hydroxylation is 1. The maximum Gasteiger partial charge on any atom is 0.270 e. The van der Waals surface area contributed by atoms with Crippen molar-refractivity contribution in [1.29, 1.82) is 0 Å². The van der Waals surface area contributed by atoms with Crippen molar-refractivity contribution < 1.29 is 14.3 Å². The first kappa shape index (κ1) is 16.4. The summed E-state index contributed by atoms with van der Waals surface area (Å²) in [6.45, 7) is 6.39. The lowest BCUT2D eigenvalue weighted by Crippen LogP contribution is -2.46. The van der Waals surface area contributed by atoms with Gasteiger partial charge in [-0.1, -0.05) is 0 Å². The number of hydrogen-bond acceptors (Lipinski definition) is 5. The van der Waals surface area contributed by atoms with Gasteiger partial charge >= 0.3 is 0 Å². The first-order valence-corrected chi connectivity index (χ1v) is 8.04. The van der Waals surface area contributed by atoms with E-state index in [0.29, 0.717) is 35.3 Å². The summed E-state index contributed by atoms with van der Waals surface area (Å²) >= 11 is 0. The summed E-state index contributed by atoms with van der Waals surface area (Å²) < 4.78 is 7.05. The van der Waals surface area contributed by atoms with Crippen molar-refractivity contribution in [2.24, 2.45) is 0 Å². The molecule has 2 amide bonds. The van der Waals surface area contributed by atoms with E-state index >= 15 is 0 Å². The predicted molar refractivity (Wildman–Crippen MR) is 87.2 cm³/mol. The van der Waals surface area contributed by atoms with Gasteiger partial charge in [0.15, 0.2) is 5.65 Å². The average Bonchev–Trinajstić information content (AvgIpc) is 3.20. The summed E-state index contributed by atoms with van der Waals surface area (Å²) in [6, 6.07) is 1.81. The highest BCUT2D eigenvalue weighted by Gasteiger charge is 2.24. The van der Waals surface area contributed by atoms with E-state index in [2.05, 4.69) is 20.9 Å². The van der Waals surface area contributed by atoms with Gasteiger partial charge in [0.05, 0.1) is 17.1 Å². The highest BCUT2D eigenvalue weighted by Crippen LogP contribution is 2.20. The fourth-order valence-electron chi connectivity index (χ4n) is 2.76. The molecule has 1 unspecified atom stereocenters. The molecule has 1 atom stereocenters. The Bertz CT molecular complexity index is 777. The van der Waals surface area contributed by atoms with E-state index in [4.69, 9.17) is 4.74 Å². The average molecular weight is 331 g/mol. The number of nitrogens with zero attached hydrogens (tertiary/aromatic N) is 3. The molecule has 1 saturated heterocycles. The minimum Gasteiger partial charge on any atom is -0.368 e. The van der Waals surface area contributed by atoms with Crippen LogP contribution in [0.15, 0.2) is 12.3 Å². The van der Waals surface area contributed by atoms with Crippen molar-refractivity contribution in [2.75, 3.05) is 6.61 Å². The van der Waals surface area contributed by atoms with Gasteiger partial charge in [0.1, 0.15) is 6.10 Å². The number of nitrogens with one attached hydrogen (secondary N) is 2. The number of aromatic nitrogens is 3. The lowest BCUT2D eigenvalue weighted by atomic mass is 10.1. The molecule has 1 aliphatic rings. The molecular weight excluding hydrogens is 310 g/mol. The zero-order valence-electron chi connectivity index (χ0n) is 14.0. The summed E-state index contributed by atoms with van der Waals surface area (Å²) in [5.74, 6) is -0.735. The van der Waals surface area contributed by atoms with Crippen LogP contribution in [-0.2, 0) is 9.53 Å². The second-order valence-electron chi connectivity index (χ2n) is 6.18. The predicted octanol–water partition coefficient (Wildman–Crippen LogP) is 1.26. The van der Waals surface area contributed by atoms with Crippen LogP contribution in [0.2, 0.25) is 0 Å². The Balaban J connectivity index is 1.80. The Morgan fingerprint density at radius 2 is 2.17 bits per heavy atom. The van der Waals surface area contributed by atoms with E-state index in [0.717, 1.165) is 6.42 Å². The fourth-order valence-corrected chi connectivity index (χ4v) is 2.76. The second-order valence-corrected chi connectivity index (χ2v) is 6.18. The molecule has 0 aliphatic carbocycles. The van der Waals surface area contributed by atoms with E-state index < -0.39 is 12.0 Å². The number of ether oxygens (including phenoxy) is 1. The number of amides is 2. The molecule has 8 nitrogen and oxygen atoms in total. The van der Waals surface area contributed by atoms with Gasteiger partial charge in [-0.3, -0.25) is 20.4 Å². The fraction of sp³-hybridized carbons (Fsp3) is 0.500. The molecule has 3 rings (SSSR count). The number of fused-ring (bicyclic) bond motifs is 1. The Kier molecular flexibility index (Phi) is 4.48. The molecule has 2 N–H and O–H groups in total. The van der Waals surface area contributed by atoms with Crippen LogP contribution in [0.1, 0.15) is 48.8 Å². The van der Waals surface area contributed by atoms with Crippen LogP contribution in [0.4, 0.5) is 0 Å². The van der Waals surface area contributed by atoms with Gasteiger partial charge in [0, 0.05) is 18.3 Å². The van der Waals surface area contributed by atoms with Crippen LogP contribution in [-0.4, -0.2) is 39.3 Å². The molecule has 24 heavy (non-hydrogen) atoms. The first-order chi connectivity index (χ1) is 11.5. The first-order valence-electron chi connectivity index (χ1n) is 8.04. The van der Waals surface area contributed by atoms with Gasteiger partial charge in [0.25, 0.3) is 11.8 Å². The monoisotopic (exact) mass is 331 g/mol. The van der Waals surface area contributed by atoms with Gasteiger partial charge in [-0.25, -0.2) is 9.67 Å². The lowest BCUT2D eigenvalue weighted by molar-refractivity contribution is -0.130. The number of hydrogen-bond donors (Lipinski definition) is 2. The smallest absolute Gasteiger partial charge is 0.270 e. The molecular formula is C16H21N5O3. The van der Waals surface area contributed by atoms with Crippen LogP contribution in [0.5, 0.6) is 0 Å². The molecule has 0 radical (unpaired) electrons. The third-order valence-corrected chi connectivity index (χ3v) is 3.95. The summed E-state index contributed by atoms with van der Waals surface area (Å²) in [6.07, 6.45) is 2.65. The van der Waals surface area contributed by atoms with Gasteiger partial charge in [-0.05, 0) is 39.7 Å². The molecule has 2 aromatic rings. The molecule has 0 saturated carbocycles. The molecule has 128 valence electrons. The summed E-state index contributed by atoms with van der Waals surface area (Å²) in [7, 11) is 0. The Morgan fingerprint density at radius 3 is 2.83 bits per heavy atom. The van der Waals surface area contributed by atoms with Crippen LogP contribution in [0, 0.1) is 6.92 Å². The molecule has 0 bridgehead atoms. The van der Waals surface area contributed by atoms with E-state index in [1.54, 1.807) is 16.9 Å². The molecule has 3 heterocycles. The maximum absolute atomic E-state index is 12.5. The topological polar surface area (TPSA) is 98.1 Å². The third-order valence-electron chi connectivity index (χ3n) is 3.95. The Hall–Kier alpha value is -2.48. The number of carbonyl (C=O) groups is 2. The molecule has 8 heteroatoms. The van der Waals surface area contributed by atoms with Gasteiger partial charge in [0.2, 0.25) is 0 Å². The Labute approximate surface area is 139 Å². The number of hydrazine groups is 1. The maximum atomic E-state index is 12.5. The molecule has 0 aromatic carbocycles. The number of pyridine rings is 1. The number of carbonyl (C=O) groups excluding carboxylic acids is 2. The SMILES string of the molecule is Cc1cc(C(=O)NNC(=O)C2CCCO2)c2cnn(C(C)C)c2n1. The van der Waals surface area contributed by atoms with Crippen molar-refractivity contribution in [3.63, 3.8) is 0 Å². The molecule has 0 spiro atoms. The van der Waals surface area contributed by atoms with Crippen molar-refractivity contribution >= 4 is 22.8 Å². The van der Waals surface area contributed by atoms with E-state index in [1.807, 2.05) is 20.8 Å². The molecule has 1 fully saturated rings. The van der Waals surface area contributed by atoms with Crippen molar-refractivity contribution in [3.05, 3.63) is 23.5 Å². The molecule has 1 aliphatic heterocycles. The lowest BCUT2D eigenvalue weighted by Gasteiger charge is -2.12. The quantitative estimate of drug-likeness (QED) is 0.825. The van der Waals surface area contributed by atoms with Gasteiger partial charge in [-0.2, -0.15) is 5.10 Å². The summed E-state index contributed by atoms with van der Waals surface area (Å²) in [4.78, 5) is 28.9. The minimum absolute atomic E-state index is 0.131. The highest BCUT2D eigenvalue weighted by molar-refractivity contribution is 6.06. The van der Waals surface area contributed by atoms with Crippen molar-refractivity contribution in [1.82, 2.24) is 25.6 Å². The van der Waals surface area contributed by atoms with E-state index in [1.165, 1.54) is 0 Å². The normalized spacial score (nSPS) is 17.4. The van der Waals surface area contributed by atoms with Crippen LogP contribution < -0.4 is 10.9 Å². The summed E-state index contributed by atoms with van der Waals surface area (Å²) in [5.41, 5.74) is 6.67. The van der Waals surface area contributed by atoms with Crippen molar-refractivity contribution in [3.8, 4) is 0 Å². The van der Waals surface area contributed by atoms with E-state index in [-0.39, 0.29) is 11.9 Å². The zero-order valence-corrected chi connectivity index (χ0v) is 14.0. The Morgan fingerprint density at radius 1 is 1.38 bits per heavy atom. The van der Waals surface area contributed by atoms with E-state index in [9.17, 15) is 9.59 Å². The van der Waals surface area contributed by atoms with Crippen LogP contribution >= 0.6 is 0 Å². The third kappa shape index (κ3) is 3.09. The van der Waals surface area contributed by atoms with Gasteiger partial charge in [-0.15, -0.1) is 0 Å².